The molecular formula is C31H38ClN6O7P. The van der Waals surface area contributed by atoms with Gasteiger partial charge in [-0.25, -0.2) is 9.55 Å². The van der Waals surface area contributed by atoms with Crippen LogP contribution in [0.5, 0.6) is 5.75 Å². The van der Waals surface area contributed by atoms with E-state index in [1.165, 1.54) is 6.92 Å². The number of fused-ring (bicyclic) bond motifs is 1. The quantitative estimate of drug-likeness (QED) is 0.0919. The Balaban J connectivity index is 1.36. The second-order valence-electron chi connectivity index (χ2n) is 11.5. The van der Waals surface area contributed by atoms with Crippen LogP contribution >= 0.6 is 19.3 Å². The minimum absolute atomic E-state index is 0.0319. The number of carbonyl (C=O) groups is 1. The van der Waals surface area contributed by atoms with Crippen molar-refractivity contribution in [2.75, 3.05) is 25.1 Å². The van der Waals surface area contributed by atoms with Gasteiger partial charge >= 0.3 is 13.7 Å². The number of carbonyl (C=O) groups excluding carboxylic acids is 1. The first-order valence-corrected chi connectivity index (χ1v) is 16.8. The second-order valence-corrected chi connectivity index (χ2v) is 13.6. The largest absolute Gasteiger partial charge is 0.462 e. The number of nitrogens with one attached hydrogen (secondary N) is 2. The summed E-state index contributed by atoms with van der Waals surface area (Å²) >= 11 is 6.34. The van der Waals surface area contributed by atoms with Crippen LogP contribution in [0, 0.1) is 5.41 Å². The third-order valence-electron chi connectivity index (χ3n) is 7.75. The van der Waals surface area contributed by atoms with Crippen LogP contribution in [0.3, 0.4) is 0 Å². The number of anilines is 1. The first kappa shape index (κ1) is 33.8. The van der Waals surface area contributed by atoms with E-state index in [4.69, 9.17) is 30.1 Å². The van der Waals surface area contributed by atoms with Gasteiger partial charge in [-0.2, -0.15) is 15.1 Å². The standard InChI is InChI=1S/C31H38ClN6O7P/c1-20(2)44-29(40)21(3)37-46(41,45-23-13-9-6-10-14-23)43-17-25-31(4,18-39)24(16-42-25)38-19-34-26-27(35-30(32)36-28(26)38)33-15-22-11-7-5-8-12-22/h5-14,19-21,24-25,39H,15-18H2,1-4H3,(H,37,41)(H,33,35,36)/t21-,24-,25+,31?,46?/m0/s1. The van der Waals surface area contributed by atoms with Gasteiger partial charge in [0, 0.05) is 12.0 Å². The average Bonchev–Trinajstić information content (AvgIpc) is 3.59. The maximum atomic E-state index is 14.0. The third-order valence-corrected chi connectivity index (χ3v) is 9.56. The fraction of sp³-hybridized carbons (Fsp3) is 0.419. The maximum absolute atomic E-state index is 14.0. The molecule has 5 atom stereocenters. The zero-order valence-electron chi connectivity index (χ0n) is 26.0. The summed E-state index contributed by atoms with van der Waals surface area (Å²) in [7, 11) is -4.16. The first-order valence-electron chi connectivity index (χ1n) is 14.9. The summed E-state index contributed by atoms with van der Waals surface area (Å²) in [6.07, 6.45) is 0.512. The van der Waals surface area contributed by atoms with Crippen LogP contribution in [-0.2, 0) is 29.9 Å². The number of nitrogens with zero attached hydrogens (tertiary/aromatic N) is 4. The molecule has 0 bridgehead atoms. The minimum Gasteiger partial charge on any atom is -0.462 e. The van der Waals surface area contributed by atoms with Gasteiger partial charge in [-0.3, -0.25) is 9.32 Å². The van der Waals surface area contributed by atoms with Crippen molar-refractivity contribution in [3.63, 3.8) is 0 Å². The van der Waals surface area contributed by atoms with Crippen LogP contribution in [0.15, 0.2) is 67.0 Å². The van der Waals surface area contributed by atoms with Crippen molar-refractivity contribution < 1.29 is 33.0 Å². The first-order chi connectivity index (χ1) is 22.0. The number of rotatable bonds is 14. The van der Waals surface area contributed by atoms with E-state index in [-0.39, 0.29) is 37.0 Å². The van der Waals surface area contributed by atoms with Crippen LogP contribution in [0.4, 0.5) is 5.82 Å². The number of ether oxygens (including phenoxy) is 2. The number of aliphatic hydroxyl groups is 1. The van der Waals surface area contributed by atoms with E-state index in [9.17, 15) is 14.5 Å². The Morgan fingerprint density at radius 1 is 1.15 bits per heavy atom. The summed E-state index contributed by atoms with van der Waals surface area (Å²) in [6.45, 7) is 6.91. The molecule has 0 amide bonds. The molecule has 0 aliphatic carbocycles. The topological polar surface area (TPSA) is 159 Å². The lowest BCUT2D eigenvalue weighted by Gasteiger charge is -2.34. The van der Waals surface area contributed by atoms with E-state index in [2.05, 4.69) is 25.4 Å². The second kappa shape index (κ2) is 14.5. The number of benzene rings is 2. The van der Waals surface area contributed by atoms with E-state index in [1.807, 2.05) is 37.3 Å². The lowest BCUT2D eigenvalue weighted by molar-refractivity contribution is -0.149. The lowest BCUT2D eigenvalue weighted by Crippen LogP contribution is -2.41. The van der Waals surface area contributed by atoms with E-state index in [0.717, 1.165) is 5.56 Å². The molecule has 4 aromatic rings. The monoisotopic (exact) mass is 672 g/mol. The molecule has 1 saturated heterocycles. The normalized spacial score (nSPS) is 21.6. The number of para-hydroxylation sites is 1. The zero-order valence-corrected chi connectivity index (χ0v) is 27.6. The summed E-state index contributed by atoms with van der Waals surface area (Å²) < 4.78 is 38.9. The van der Waals surface area contributed by atoms with Gasteiger partial charge in [0.15, 0.2) is 17.0 Å². The average molecular weight is 673 g/mol. The zero-order chi connectivity index (χ0) is 32.9. The minimum atomic E-state index is -4.16. The highest BCUT2D eigenvalue weighted by Crippen LogP contribution is 2.49. The Labute approximate surface area is 272 Å². The summed E-state index contributed by atoms with van der Waals surface area (Å²) in [5.41, 5.74) is 1.08. The third kappa shape index (κ3) is 7.68. The van der Waals surface area contributed by atoms with Gasteiger partial charge in [0.1, 0.15) is 11.8 Å². The molecule has 1 aliphatic rings. The highest BCUT2D eigenvalue weighted by molar-refractivity contribution is 7.52. The van der Waals surface area contributed by atoms with Gasteiger partial charge in [-0.15, -0.1) is 0 Å². The number of esters is 1. The van der Waals surface area contributed by atoms with Gasteiger partial charge in [0.2, 0.25) is 5.28 Å². The molecule has 0 spiro atoms. The lowest BCUT2D eigenvalue weighted by atomic mass is 9.80. The molecule has 46 heavy (non-hydrogen) atoms. The Hall–Kier alpha value is -3.58. The van der Waals surface area contributed by atoms with Crippen LogP contribution in [-0.4, -0.2) is 68.7 Å². The predicted molar refractivity (Wildman–Crippen MR) is 173 cm³/mol. The maximum Gasteiger partial charge on any atom is 0.459 e. The van der Waals surface area contributed by atoms with Gasteiger partial charge in [-0.1, -0.05) is 55.5 Å². The Morgan fingerprint density at radius 2 is 1.85 bits per heavy atom. The fourth-order valence-electron chi connectivity index (χ4n) is 5.17. The molecule has 2 aromatic heterocycles. The fourth-order valence-corrected chi connectivity index (χ4v) is 6.82. The number of imidazole rings is 1. The van der Waals surface area contributed by atoms with Crippen LogP contribution in [0.25, 0.3) is 11.2 Å². The van der Waals surface area contributed by atoms with E-state index in [0.29, 0.717) is 23.5 Å². The van der Waals surface area contributed by atoms with E-state index in [1.54, 1.807) is 55.1 Å². The van der Waals surface area contributed by atoms with Crippen molar-refractivity contribution in [1.29, 1.82) is 0 Å². The van der Waals surface area contributed by atoms with Crippen LogP contribution in [0.2, 0.25) is 5.28 Å². The summed E-state index contributed by atoms with van der Waals surface area (Å²) in [5, 5.41) is 16.7. The number of halogens is 1. The van der Waals surface area contributed by atoms with E-state index < -0.39 is 37.3 Å². The molecule has 5 rings (SSSR count). The summed E-state index contributed by atoms with van der Waals surface area (Å²) in [6, 6.07) is 16.8. The number of aliphatic hydroxyl groups excluding tert-OH is 1. The SMILES string of the molecule is CC(C)OC(=O)[C@H](C)NP(=O)(OC[C@H]1OC[C@H](n2cnc3c(NCc4ccccc4)nc(Cl)nc32)C1(C)CO)Oc1ccccc1. The van der Waals surface area contributed by atoms with Crippen molar-refractivity contribution >= 4 is 42.3 Å². The smallest absolute Gasteiger partial charge is 0.459 e. The highest BCUT2D eigenvalue weighted by atomic mass is 35.5. The summed E-state index contributed by atoms with van der Waals surface area (Å²) in [4.78, 5) is 25.9. The van der Waals surface area contributed by atoms with Crippen molar-refractivity contribution in [2.45, 2.75) is 58.5 Å². The van der Waals surface area contributed by atoms with E-state index >= 15 is 0 Å². The van der Waals surface area contributed by atoms with Crippen molar-refractivity contribution in [3.05, 3.63) is 77.8 Å². The molecule has 13 nitrogen and oxygen atoms in total. The van der Waals surface area contributed by atoms with Gasteiger partial charge in [0.25, 0.3) is 0 Å². The number of hydrogen-bond donors (Lipinski definition) is 3. The molecule has 2 unspecified atom stereocenters. The molecule has 2 aromatic carbocycles. The van der Waals surface area contributed by atoms with Gasteiger partial charge in [0.05, 0.1) is 44.4 Å². The molecule has 15 heteroatoms. The molecule has 1 fully saturated rings. The summed E-state index contributed by atoms with van der Waals surface area (Å²) in [5.74, 6) is 0.131. The molecule has 0 radical (unpaired) electrons. The molecule has 0 saturated carbocycles. The molecule has 3 N–H and O–H groups in total. The van der Waals surface area contributed by atoms with Crippen LogP contribution in [0.1, 0.15) is 39.3 Å². The molecular weight excluding hydrogens is 635 g/mol. The predicted octanol–water partition coefficient (Wildman–Crippen LogP) is 5.16. The van der Waals surface area contributed by atoms with Gasteiger partial charge < -0.3 is 29.0 Å². The number of hydrogen-bond acceptors (Lipinski definition) is 11. The highest BCUT2D eigenvalue weighted by Gasteiger charge is 2.50. The Morgan fingerprint density at radius 3 is 2.52 bits per heavy atom. The van der Waals surface area contributed by atoms with Crippen molar-refractivity contribution in [3.8, 4) is 5.75 Å². The van der Waals surface area contributed by atoms with Gasteiger partial charge in [-0.05, 0) is 50.1 Å². The Kier molecular flexibility index (Phi) is 10.6. The molecule has 1 aliphatic heterocycles. The van der Waals surface area contributed by atoms with Crippen molar-refractivity contribution in [1.82, 2.24) is 24.6 Å². The number of aromatic nitrogens is 4. The Bertz CT molecular complexity index is 1680. The molecule has 3 heterocycles. The molecule has 246 valence electrons. The van der Waals surface area contributed by atoms with Crippen LogP contribution < -0.4 is 14.9 Å². The van der Waals surface area contributed by atoms with Crippen molar-refractivity contribution in [2.24, 2.45) is 5.41 Å².